The summed E-state index contributed by atoms with van der Waals surface area (Å²) in [7, 11) is 1.81. The third-order valence-electron chi connectivity index (χ3n) is 5.41. The average molecular weight is 405 g/mol. The Bertz CT molecular complexity index is 1010. The lowest BCUT2D eigenvalue weighted by Crippen LogP contribution is -2.48. The van der Waals surface area contributed by atoms with Crippen LogP contribution < -0.4 is 5.32 Å². The van der Waals surface area contributed by atoms with E-state index in [1.807, 2.05) is 41.9 Å². The van der Waals surface area contributed by atoms with Gasteiger partial charge in [-0.1, -0.05) is 42.0 Å². The number of aromatic nitrogens is 3. The first-order chi connectivity index (χ1) is 14.7. The predicted octanol–water partition coefficient (Wildman–Crippen LogP) is 3.03. The number of nitrogens with one attached hydrogen (secondary N) is 1. The first-order valence-corrected chi connectivity index (χ1v) is 10.2. The number of aryl methyl sites for hydroxylation is 2. The Morgan fingerprint density at radius 2 is 2.03 bits per heavy atom. The van der Waals surface area contributed by atoms with E-state index in [0.29, 0.717) is 13.2 Å². The van der Waals surface area contributed by atoms with E-state index in [0.717, 1.165) is 30.6 Å². The number of guanidine groups is 1. The molecule has 7 heteroatoms. The molecule has 0 radical (unpaired) electrons. The van der Waals surface area contributed by atoms with Crippen LogP contribution in [-0.4, -0.2) is 52.4 Å². The summed E-state index contributed by atoms with van der Waals surface area (Å²) >= 11 is 0. The fourth-order valence-corrected chi connectivity index (χ4v) is 3.89. The quantitative estimate of drug-likeness (QED) is 0.535. The normalized spacial score (nSPS) is 17.2. The van der Waals surface area contributed by atoms with E-state index in [2.05, 4.69) is 57.5 Å². The molecule has 1 aliphatic rings. The van der Waals surface area contributed by atoms with Crippen LogP contribution in [0.15, 0.2) is 59.9 Å². The third-order valence-corrected chi connectivity index (χ3v) is 5.41. The maximum atomic E-state index is 6.09. The Hall–Kier alpha value is -3.19. The predicted molar refractivity (Wildman–Crippen MR) is 118 cm³/mol. The van der Waals surface area contributed by atoms with Crippen LogP contribution in [0.1, 0.15) is 28.6 Å². The van der Waals surface area contributed by atoms with E-state index in [4.69, 9.17) is 4.74 Å². The summed E-state index contributed by atoms with van der Waals surface area (Å²) in [4.78, 5) is 6.74. The zero-order chi connectivity index (χ0) is 20.9. The molecule has 1 fully saturated rings. The summed E-state index contributed by atoms with van der Waals surface area (Å²) in [6, 6.07) is 16.6. The van der Waals surface area contributed by atoms with Gasteiger partial charge in [0, 0.05) is 19.3 Å². The monoisotopic (exact) mass is 404 g/mol. The minimum Gasteiger partial charge on any atom is -0.370 e. The Balaban J connectivity index is 1.44. The molecular formula is C23H28N6O. The fourth-order valence-electron chi connectivity index (χ4n) is 3.89. The average Bonchev–Trinajstić information content (AvgIpc) is 3.24. The minimum atomic E-state index is 0.0332. The minimum absolute atomic E-state index is 0.0332. The van der Waals surface area contributed by atoms with Crippen LogP contribution in [0.5, 0.6) is 0 Å². The molecule has 30 heavy (non-hydrogen) atoms. The van der Waals surface area contributed by atoms with Crippen molar-refractivity contribution in [2.24, 2.45) is 4.99 Å². The van der Waals surface area contributed by atoms with E-state index >= 15 is 0 Å². The van der Waals surface area contributed by atoms with Gasteiger partial charge in [-0.3, -0.25) is 9.56 Å². The Morgan fingerprint density at radius 3 is 2.80 bits per heavy atom. The molecule has 1 atom stereocenters. The molecule has 1 N–H and O–H groups in total. The molecule has 0 amide bonds. The lowest BCUT2D eigenvalue weighted by atomic mass is 10.00. The molecule has 0 bridgehead atoms. The van der Waals surface area contributed by atoms with E-state index in [9.17, 15) is 0 Å². The van der Waals surface area contributed by atoms with E-state index in [1.54, 1.807) is 6.33 Å². The standard InChI is InChI=1S/C23H28N6O/c1-17-9-10-20(18(2)13-17)21-15-28(11-12-30-21)23(24-3)25-14-22-27-26-16-29(22)19-7-5-4-6-8-19/h4-10,13,16,21H,11-12,14-15H2,1-3H3,(H,24,25). The third kappa shape index (κ3) is 4.36. The number of hydrogen-bond acceptors (Lipinski definition) is 4. The number of nitrogens with zero attached hydrogens (tertiary/aromatic N) is 5. The van der Waals surface area contributed by atoms with Gasteiger partial charge in [0.05, 0.1) is 19.7 Å². The van der Waals surface area contributed by atoms with Crippen molar-refractivity contribution in [1.82, 2.24) is 25.0 Å². The lowest BCUT2D eigenvalue weighted by molar-refractivity contribution is -0.00835. The smallest absolute Gasteiger partial charge is 0.194 e. The van der Waals surface area contributed by atoms with Crippen LogP contribution in [0.25, 0.3) is 5.69 Å². The van der Waals surface area contributed by atoms with Gasteiger partial charge in [0.25, 0.3) is 0 Å². The zero-order valence-electron chi connectivity index (χ0n) is 17.7. The molecule has 4 rings (SSSR count). The first-order valence-electron chi connectivity index (χ1n) is 10.2. The Morgan fingerprint density at radius 1 is 1.20 bits per heavy atom. The lowest BCUT2D eigenvalue weighted by Gasteiger charge is -2.35. The van der Waals surface area contributed by atoms with Crippen molar-refractivity contribution in [2.45, 2.75) is 26.5 Å². The molecule has 0 saturated carbocycles. The number of para-hydroxylation sites is 1. The Labute approximate surface area is 177 Å². The largest absolute Gasteiger partial charge is 0.370 e. The summed E-state index contributed by atoms with van der Waals surface area (Å²) in [5.41, 5.74) is 4.81. The maximum absolute atomic E-state index is 6.09. The molecule has 0 spiro atoms. The SMILES string of the molecule is CN=C(NCc1nncn1-c1ccccc1)N1CCOC(c2ccc(C)cc2C)C1. The number of benzene rings is 2. The van der Waals surface area contributed by atoms with Gasteiger partial charge in [-0.15, -0.1) is 10.2 Å². The van der Waals surface area contributed by atoms with Gasteiger partial charge >= 0.3 is 0 Å². The van der Waals surface area contributed by atoms with Gasteiger partial charge < -0.3 is 15.0 Å². The zero-order valence-corrected chi connectivity index (χ0v) is 17.7. The first kappa shape index (κ1) is 20.1. The number of aliphatic imine (C=N–C) groups is 1. The molecule has 1 unspecified atom stereocenters. The molecule has 2 aromatic carbocycles. The second-order valence-corrected chi connectivity index (χ2v) is 7.52. The molecule has 1 saturated heterocycles. The molecule has 3 aromatic rings. The van der Waals surface area contributed by atoms with Crippen molar-refractivity contribution in [3.8, 4) is 5.69 Å². The van der Waals surface area contributed by atoms with Gasteiger partial charge in [-0.25, -0.2) is 0 Å². The van der Waals surface area contributed by atoms with Crippen molar-refractivity contribution in [1.29, 1.82) is 0 Å². The second kappa shape index (κ2) is 9.09. The highest BCUT2D eigenvalue weighted by atomic mass is 16.5. The van der Waals surface area contributed by atoms with Crippen molar-refractivity contribution < 1.29 is 4.74 Å². The van der Waals surface area contributed by atoms with Crippen LogP contribution in [0.2, 0.25) is 0 Å². The summed E-state index contributed by atoms with van der Waals surface area (Å²) in [6.45, 7) is 7.02. The fraction of sp³-hybridized carbons (Fsp3) is 0.348. The molecule has 2 heterocycles. The van der Waals surface area contributed by atoms with Gasteiger partial charge in [0.2, 0.25) is 0 Å². The molecule has 1 aliphatic heterocycles. The van der Waals surface area contributed by atoms with Gasteiger partial charge in [0.15, 0.2) is 11.8 Å². The second-order valence-electron chi connectivity index (χ2n) is 7.52. The number of rotatable bonds is 4. The summed E-state index contributed by atoms with van der Waals surface area (Å²) in [6.07, 6.45) is 1.77. The van der Waals surface area contributed by atoms with Crippen LogP contribution in [0, 0.1) is 13.8 Å². The molecular weight excluding hydrogens is 376 g/mol. The van der Waals surface area contributed by atoms with E-state index < -0.39 is 0 Å². The van der Waals surface area contributed by atoms with Gasteiger partial charge in [-0.05, 0) is 37.1 Å². The van der Waals surface area contributed by atoms with E-state index in [1.165, 1.54) is 16.7 Å². The van der Waals surface area contributed by atoms with Crippen LogP contribution in [0.3, 0.4) is 0 Å². The Kier molecular flexibility index (Phi) is 6.09. The van der Waals surface area contributed by atoms with Crippen molar-refractivity contribution in [3.63, 3.8) is 0 Å². The van der Waals surface area contributed by atoms with Crippen LogP contribution >= 0.6 is 0 Å². The molecule has 1 aromatic heterocycles. The van der Waals surface area contributed by atoms with Crippen molar-refractivity contribution in [2.75, 3.05) is 26.7 Å². The number of ether oxygens (including phenoxy) is 1. The molecule has 7 nitrogen and oxygen atoms in total. The maximum Gasteiger partial charge on any atom is 0.194 e. The topological polar surface area (TPSA) is 67.6 Å². The van der Waals surface area contributed by atoms with Gasteiger partial charge in [0.1, 0.15) is 12.4 Å². The highest BCUT2D eigenvalue weighted by Crippen LogP contribution is 2.26. The van der Waals surface area contributed by atoms with E-state index in [-0.39, 0.29) is 6.10 Å². The van der Waals surface area contributed by atoms with Crippen molar-refractivity contribution >= 4 is 5.96 Å². The molecule has 156 valence electrons. The molecule has 0 aliphatic carbocycles. The van der Waals surface area contributed by atoms with Crippen molar-refractivity contribution in [3.05, 3.63) is 77.4 Å². The van der Waals surface area contributed by atoms with Crippen LogP contribution in [-0.2, 0) is 11.3 Å². The summed E-state index contributed by atoms with van der Waals surface area (Å²) < 4.78 is 8.07. The number of morpholine rings is 1. The highest BCUT2D eigenvalue weighted by Gasteiger charge is 2.25. The van der Waals surface area contributed by atoms with Gasteiger partial charge in [-0.2, -0.15) is 0 Å². The number of hydrogen-bond donors (Lipinski definition) is 1. The highest BCUT2D eigenvalue weighted by molar-refractivity contribution is 5.80. The van der Waals surface area contributed by atoms with Crippen LogP contribution in [0.4, 0.5) is 0 Å². The summed E-state index contributed by atoms with van der Waals surface area (Å²) in [5.74, 6) is 1.68. The summed E-state index contributed by atoms with van der Waals surface area (Å²) in [5, 5.41) is 11.8.